The molecule has 0 saturated heterocycles. The van der Waals surface area contributed by atoms with E-state index in [4.69, 9.17) is 10.6 Å². The van der Waals surface area contributed by atoms with Crippen molar-refractivity contribution in [1.29, 1.82) is 0 Å². The van der Waals surface area contributed by atoms with Crippen molar-refractivity contribution in [3.63, 3.8) is 0 Å². The summed E-state index contributed by atoms with van der Waals surface area (Å²) in [5.41, 5.74) is 3.54. The first-order valence-corrected chi connectivity index (χ1v) is 6.54. The maximum Gasteiger partial charge on any atom is 0.239 e. The van der Waals surface area contributed by atoms with Crippen molar-refractivity contribution < 1.29 is 4.74 Å². The van der Waals surface area contributed by atoms with Gasteiger partial charge in [-0.3, -0.25) is 5.43 Å². The minimum Gasteiger partial charge on any atom is -0.491 e. The Morgan fingerprint density at radius 2 is 2.21 bits per heavy atom. The molecule has 4 N–H and O–H groups in total. The van der Waals surface area contributed by atoms with E-state index in [0.29, 0.717) is 18.4 Å². The van der Waals surface area contributed by atoms with E-state index in [9.17, 15) is 0 Å². The second kappa shape index (κ2) is 5.02. The number of anilines is 2. The molecular weight excluding hydrogens is 310 g/mol. The Labute approximate surface area is 118 Å². The van der Waals surface area contributed by atoms with Crippen LogP contribution in [0.5, 0.6) is 5.75 Å². The molecule has 1 atom stereocenters. The summed E-state index contributed by atoms with van der Waals surface area (Å²) in [4.78, 5) is 8.28. The number of nitrogens with two attached hydrogens (primary N) is 1. The fourth-order valence-corrected chi connectivity index (χ4v) is 2.29. The largest absolute Gasteiger partial charge is 0.491 e. The van der Waals surface area contributed by atoms with Crippen molar-refractivity contribution in [2.24, 2.45) is 5.84 Å². The van der Waals surface area contributed by atoms with Crippen LogP contribution in [0.4, 0.5) is 11.8 Å². The van der Waals surface area contributed by atoms with E-state index >= 15 is 0 Å². The Morgan fingerprint density at radius 3 is 3.05 bits per heavy atom. The lowest BCUT2D eigenvalue weighted by Gasteiger charge is -2.14. The van der Waals surface area contributed by atoms with Crippen LogP contribution < -0.4 is 21.3 Å². The fraction of sp³-hybridized carbons (Fsp3) is 0.167. The average molecular weight is 322 g/mol. The van der Waals surface area contributed by atoms with Crippen molar-refractivity contribution in [1.82, 2.24) is 9.97 Å². The molecule has 1 unspecified atom stereocenters. The lowest BCUT2D eigenvalue weighted by molar-refractivity contribution is 0.339. The van der Waals surface area contributed by atoms with Gasteiger partial charge in [0.2, 0.25) is 5.95 Å². The highest BCUT2D eigenvalue weighted by atomic mass is 79.9. The normalized spacial score (nSPS) is 16.6. The van der Waals surface area contributed by atoms with Crippen molar-refractivity contribution in [2.45, 2.75) is 6.04 Å². The number of halogens is 1. The van der Waals surface area contributed by atoms with Gasteiger partial charge in [-0.05, 0) is 22.0 Å². The first-order valence-electron chi connectivity index (χ1n) is 5.75. The summed E-state index contributed by atoms with van der Waals surface area (Å²) in [5, 5.41) is 3.32. The molecule has 98 valence electrons. The van der Waals surface area contributed by atoms with E-state index in [1.165, 1.54) is 0 Å². The number of hydrogen-bond donors (Lipinski definition) is 3. The number of aromatic nitrogens is 2. The minimum atomic E-state index is 0.0630. The smallest absolute Gasteiger partial charge is 0.239 e. The molecule has 19 heavy (non-hydrogen) atoms. The molecule has 0 amide bonds. The maximum atomic E-state index is 5.62. The van der Waals surface area contributed by atoms with Gasteiger partial charge in [0.15, 0.2) is 0 Å². The quantitative estimate of drug-likeness (QED) is 0.592. The Kier molecular flexibility index (Phi) is 3.22. The third-order valence-electron chi connectivity index (χ3n) is 2.88. The number of ether oxygens (including phenoxy) is 1. The van der Waals surface area contributed by atoms with E-state index in [1.54, 1.807) is 6.20 Å². The molecule has 7 heteroatoms. The predicted octanol–water partition coefficient (Wildman–Crippen LogP) is 2.07. The van der Waals surface area contributed by atoms with Gasteiger partial charge in [-0.1, -0.05) is 18.2 Å². The molecular formula is C12H12BrN5O. The topological polar surface area (TPSA) is 85.1 Å². The molecule has 1 aromatic carbocycles. The second-order valence-electron chi connectivity index (χ2n) is 4.08. The SMILES string of the molecule is NNc1ncc(Br)c(NC2COc3ccccc32)n1. The van der Waals surface area contributed by atoms with Crippen LogP contribution in [0.3, 0.4) is 0 Å². The van der Waals surface area contributed by atoms with Crippen LogP contribution in [-0.2, 0) is 0 Å². The van der Waals surface area contributed by atoms with Crippen molar-refractivity contribution in [3.05, 3.63) is 40.5 Å². The summed E-state index contributed by atoms with van der Waals surface area (Å²) >= 11 is 3.41. The molecule has 0 radical (unpaired) electrons. The first kappa shape index (κ1) is 12.2. The van der Waals surface area contributed by atoms with Crippen LogP contribution in [-0.4, -0.2) is 16.6 Å². The molecule has 0 bridgehead atoms. The highest BCUT2D eigenvalue weighted by Gasteiger charge is 2.24. The third-order valence-corrected chi connectivity index (χ3v) is 3.46. The van der Waals surface area contributed by atoms with Crippen LogP contribution >= 0.6 is 15.9 Å². The lowest BCUT2D eigenvalue weighted by atomic mass is 10.1. The number of hydrazine groups is 1. The fourth-order valence-electron chi connectivity index (χ4n) is 1.99. The van der Waals surface area contributed by atoms with Crippen molar-refractivity contribution in [2.75, 3.05) is 17.3 Å². The summed E-state index contributed by atoms with van der Waals surface area (Å²) in [5.74, 6) is 7.25. The zero-order valence-electron chi connectivity index (χ0n) is 9.93. The van der Waals surface area contributed by atoms with E-state index in [-0.39, 0.29) is 6.04 Å². The second-order valence-corrected chi connectivity index (χ2v) is 4.93. The number of benzene rings is 1. The van der Waals surface area contributed by atoms with E-state index < -0.39 is 0 Å². The van der Waals surface area contributed by atoms with Gasteiger partial charge >= 0.3 is 0 Å². The van der Waals surface area contributed by atoms with Gasteiger partial charge < -0.3 is 10.1 Å². The van der Waals surface area contributed by atoms with Gasteiger partial charge in [0.25, 0.3) is 0 Å². The van der Waals surface area contributed by atoms with Crippen LogP contribution in [0.15, 0.2) is 34.9 Å². The monoisotopic (exact) mass is 321 g/mol. The molecule has 0 saturated carbocycles. The lowest BCUT2D eigenvalue weighted by Crippen LogP contribution is -2.16. The summed E-state index contributed by atoms with van der Waals surface area (Å²) in [6.45, 7) is 0.571. The van der Waals surface area contributed by atoms with Crippen LogP contribution in [0, 0.1) is 0 Å². The Balaban J connectivity index is 1.87. The van der Waals surface area contributed by atoms with Crippen LogP contribution in [0.25, 0.3) is 0 Å². The molecule has 2 heterocycles. The number of hydrogen-bond acceptors (Lipinski definition) is 6. The van der Waals surface area contributed by atoms with Gasteiger partial charge in [0.05, 0.1) is 10.5 Å². The minimum absolute atomic E-state index is 0.0630. The average Bonchev–Trinajstić information content (AvgIpc) is 2.85. The highest BCUT2D eigenvalue weighted by Crippen LogP contribution is 2.35. The molecule has 0 spiro atoms. The van der Waals surface area contributed by atoms with Crippen molar-refractivity contribution in [3.8, 4) is 5.75 Å². The van der Waals surface area contributed by atoms with Crippen LogP contribution in [0.2, 0.25) is 0 Å². The van der Waals surface area contributed by atoms with Crippen LogP contribution in [0.1, 0.15) is 11.6 Å². The standard InChI is InChI=1S/C12H12BrN5O/c13-8-5-15-12(18-14)17-11(8)16-9-6-19-10-4-2-1-3-7(9)10/h1-5,9H,6,14H2,(H2,15,16,17,18). The van der Waals surface area contributed by atoms with E-state index in [1.807, 2.05) is 24.3 Å². The van der Waals surface area contributed by atoms with E-state index in [0.717, 1.165) is 15.8 Å². The summed E-state index contributed by atoms with van der Waals surface area (Å²) in [6.07, 6.45) is 1.65. The number of nitrogen functional groups attached to an aromatic ring is 1. The predicted molar refractivity (Wildman–Crippen MR) is 75.8 cm³/mol. The van der Waals surface area contributed by atoms with E-state index in [2.05, 4.69) is 36.6 Å². The van der Waals surface area contributed by atoms with Gasteiger partial charge in [-0.15, -0.1) is 0 Å². The zero-order chi connectivity index (χ0) is 13.2. The van der Waals surface area contributed by atoms with Gasteiger partial charge in [0.1, 0.15) is 18.2 Å². The van der Waals surface area contributed by atoms with Gasteiger partial charge in [-0.25, -0.2) is 10.8 Å². The number of para-hydroxylation sites is 1. The summed E-state index contributed by atoms with van der Waals surface area (Å²) in [7, 11) is 0. The highest BCUT2D eigenvalue weighted by molar-refractivity contribution is 9.10. The van der Waals surface area contributed by atoms with Crippen molar-refractivity contribution >= 4 is 27.7 Å². The Morgan fingerprint density at radius 1 is 1.37 bits per heavy atom. The molecule has 6 nitrogen and oxygen atoms in total. The number of nitrogens with one attached hydrogen (secondary N) is 2. The molecule has 0 aliphatic carbocycles. The molecule has 1 aliphatic rings. The maximum absolute atomic E-state index is 5.62. The third kappa shape index (κ3) is 2.34. The number of rotatable bonds is 3. The summed E-state index contributed by atoms with van der Waals surface area (Å²) < 4.78 is 6.39. The Bertz CT molecular complexity index is 606. The first-order chi connectivity index (χ1) is 9.28. The molecule has 1 aromatic heterocycles. The summed E-state index contributed by atoms with van der Waals surface area (Å²) in [6, 6.07) is 8.01. The molecule has 0 fully saturated rings. The molecule has 1 aliphatic heterocycles. The molecule has 2 aromatic rings. The Hall–Kier alpha value is -1.86. The zero-order valence-corrected chi connectivity index (χ0v) is 11.5. The number of nitrogens with zero attached hydrogens (tertiary/aromatic N) is 2. The van der Waals surface area contributed by atoms with Gasteiger partial charge in [0, 0.05) is 11.8 Å². The molecule has 3 rings (SSSR count). The number of fused-ring (bicyclic) bond motifs is 1. The van der Waals surface area contributed by atoms with Gasteiger partial charge in [-0.2, -0.15) is 4.98 Å².